The summed E-state index contributed by atoms with van der Waals surface area (Å²) in [5.41, 5.74) is 5.20. The number of anilines is 1. The van der Waals surface area contributed by atoms with E-state index < -0.39 is 0 Å². The van der Waals surface area contributed by atoms with Gasteiger partial charge in [0.1, 0.15) is 5.75 Å². The predicted molar refractivity (Wildman–Crippen MR) is 106 cm³/mol. The average Bonchev–Trinajstić information content (AvgIpc) is 2.63. The lowest BCUT2D eigenvalue weighted by molar-refractivity contribution is 0.468. The number of hydrogen-bond donors (Lipinski definition) is 1. The Morgan fingerprint density at radius 3 is 2.72 bits per heavy atom. The zero-order valence-corrected chi connectivity index (χ0v) is 15.0. The molecule has 0 saturated heterocycles. The lowest BCUT2D eigenvalue weighted by Crippen LogP contribution is -2.29. The zero-order chi connectivity index (χ0) is 17.4. The van der Waals surface area contributed by atoms with Crippen molar-refractivity contribution in [1.82, 2.24) is 0 Å². The van der Waals surface area contributed by atoms with E-state index in [4.69, 9.17) is 0 Å². The fourth-order valence-corrected chi connectivity index (χ4v) is 3.90. The Hall–Kier alpha value is -2.48. The smallest absolute Gasteiger partial charge is 0.121 e. The Kier molecular flexibility index (Phi) is 4.12. The van der Waals surface area contributed by atoms with Gasteiger partial charge >= 0.3 is 0 Å². The lowest BCUT2D eigenvalue weighted by atomic mass is 9.94. The summed E-state index contributed by atoms with van der Waals surface area (Å²) in [6.07, 6.45) is 2.31. The molecule has 0 bridgehead atoms. The molecule has 0 spiro atoms. The molecule has 0 aliphatic carbocycles. The van der Waals surface area contributed by atoms with Gasteiger partial charge in [0.2, 0.25) is 0 Å². The van der Waals surface area contributed by atoms with Gasteiger partial charge in [0.15, 0.2) is 0 Å². The van der Waals surface area contributed by atoms with E-state index in [2.05, 4.69) is 49.1 Å². The number of nitrogens with zero attached hydrogens (tertiary/aromatic N) is 1. The van der Waals surface area contributed by atoms with Crippen LogP contribution in [-0.2, 0) is 13.0 Å². The first-order valence-electron chi connectivity index (χ1n) is 9.21. The second kappa shape index (κ2) is 6.44. The topological polar surface area (TPSA) is 23.5 Å². The normalized spacial score (nSPS) is 14.1. The second-order valence-electron chi connectivity index (χ2n) is 7.35. The zero-order valence-electron chi connectivity index (χ0n) is 15.0. The van der Waals surface area contributed by atoms with Crippen LogP contribution in [0, 0.1) is 0 Å². The summed E-state index contributed by atoms with van der Waals surface area (Å²) in [5.74, 6) is 0.951. The van der Waals surface area contributed by atoms with E-state index in [9.17, 15) is 5.11 Å². The summed E-state index contributed by atoms with van der Waals surface area (Å²) in [5, 5.41) is 12.8. The summed E-state index contributed by atoms with van der Waals surface area (Å²) >= 11 is 0. The molecule has 2 heteroatoms. The summed E-state index contributed by atoms with van der Waals surface area (Å²) in [7, 11) is 0. The average molecular weight is 331 g/mol. The van der Waals surface area contributed by atoms with Gasteiger partial charge in [-0.1, -0.05) is 56.3 Å². The largest absolute Gasteiger partial charge is 0.508 e. The van der Waals surface area contributed by atoms with Gasteiger partial charge in [0.05, 0.1) is 0 Å². The number of rotatable bonds is 3. The Morgan fingerprint density at radius 1 is 1.04 bits per heavy atom. The van der Waals surface area contributed by atoms with Crippen LogP contribution >= 0.6 is 0 Å². The van der Waals surface area contributed by atoms with E-state index in [-0.39, 0.29) is 0 Å². The quantitative estimate of drug-likeness (QED) is 0.673. The number of aryl methyl sites for hydroxylation is 1. The first kappa shape index (κ1) is 16.0. The van der Waals surface area contributed by atoms with Crippen molar-refractivity contribution in [2.75, 3.05) is 11.4 Å². The molecule has 0 saturated carbocycles. The number of aromatic hydroxyl groups is 1. The molecule has 3 aromatic carbocycles. The van der Waals surface area contributed by atoms with Gasteiger partial charge in [-0.25, -0.2) is 0 Å². The van der Waals surface area contributed by atoms with Gasteiger partial charge in [-0.15, -0.1) is 0 Å². The molecular weight excluding hydrogens is 306 g/mol. The maximum atomic E-state index is 10.5. The van der Waals surface area contributed by atoms with Crippen molar-refractivity contribution < 1.29 is 5.11 Å². The molecule has 0 fully saturated rings. The Bertz CT molecular complexity index is 913. The van der Waals surface area contributed by atoms with Gasteiger partial charge in [0.25, 0.3) is 0 Å². The molecule has 1 N–H and O–H groups in total. The van der Waals surface area contributed by atoms with Crippen molar-refractivity contribution >= 4 is 16.5 Å². The molecule has 1 aliphatic rings. The molecule has 0 amide bonds. The van der Waals surface area contributed by atoms with Crippen LogP contribution in [0.2, 0.25) is 0 Å². The second-order valence-corrected chi connectivity index (χ2v) is 7.35. The van der Waals surface area contributed by atoms with Gasteiger partial charge in [-0.2, -0.15) is 0 Å². The van der Waals surface area contributed by atoms with Crippen LogP contribution < -0.4 is 4.90 Å². The van der Waals surface area contributed by atoms with Gasteiger partial charge in [-0.05, 0) is 52.8 Å². The molecule has 0 aromatic heterocycles. The Balaban J connectivity index is 1.73. The first-order valence-corrected chi connectivity index (χ1v) is 9.21. The van der Waals surface area contributed by atoms with Crippen LogP contribution in [0.25, 0.3) is 10.8 Å². The maximum absolute atomic E-state index is 10.5. The van der Waals surface area contributed by atoms with Crippen molar-refractivity contribution in [3.63, 3.8) is 0 Å². The third kappa shape index (κ3) is 2.97. The van der Waals surface area contributed by atoms with Crippen molar-refractivity contribution in [3.05, 3.63) is 71.3 Å². The third-order valence-electron chi connectivity index (χ3n) is 5.35. The molecule has 0 radical (unpaired) electrons. The number of phenolic OH excluding ortho intramolecular Hbond substituents is 1. The minimum absolute atomic E-state index is 0.393. The molecule has 0 atom stereocenters. The van der Waals surface area contributed by atoms with Gasteiger partial charge < -0.3 is 10.0 Å². The summed E-state index contributed by atoms with van der Waals surface area (Å²) < 4.78 is 0. The van der Waals surface area contributed by atoms with Crippen LogP contribution in [0.4, 0.5) is 5.69 Å². The number of hydrogen-bond acceptors (Lipinski definition) is 2. The van der Waals surface area contributed by atoms with Crippen LogP contribution in [0.5, 0.6) is 5.75 Å². The molecule has 1 aliphatic heterocycles. The lowest BCUT2D eigenvalue weighted by Gasteiger charge is -2.32. The highest BCUT2D eigenvalue weighted by molar-refractivity contribution is 5.88. The van der Waals surface area contributed by atoms with E-state index in [1.54, 1.807) is 0 Å². The molecule has 1 heterocycles. The highest BCUT2D eigenvalue weighted by Crippen LogP contribution is 2.34. The van der Waals surface area contributed by atoms with Gasteiger partial charge in [0, 0.05) is 24.3 Å². The van der Waals surface area contributed by atoms with Crippen LogP contribution in [0.1, 0.15) is 42.9 Å². The van der Waals surface area contributed by atoms with Crippen LogP contribution in [-0.4, -0.2) is 11.7 Å². The van der Waals surface area contributed by atoms with E-state index in [0.717, 1.165) is 30.5 Å². The van der Waals surface area contributed by atoms with E-state index in [1.165, 1.54) is 28.6 Å². The highest BCUT2D eigenvalue weighted by atomic mass is 16.3. The van der Waals surface area contributed by atoms with E-state index in [0.29, 0.717) is 11.7 Å². The molecular formula is C23H25NO. The summed E-state index contributed by atoms with van der Waals surface area (Å²) in [4.78, 5) is 2.42. The van der Waals surface area contributed by atoms with Gasteiger partial charge in [-0.3, -0.25) is 0 Å². The summed E-state index contributed by atoms with van der Waals surface area (Å²) in [6.45, 7) is 6.28. The third-order valence-corrected chi connectivity index (χ3v) is 5.35. The monoisotopic (exact) mass is 331 g/mol. The number of benzene rings is 3. The van der Waals surface area contributed by atoms with Crippen molar-refractivity contribution in [2.24, 2.45) is 0 Å². The standard InChI is InChI=1S/C23H25NO/c1-16(2)18-9-11-22-19(14-18)7-5-13-24(22)15-21-20-8-4-3-6-17(20)10-12-23(21)25/h3-4,6,8-12,14,16,25H,5,7,13,15H2,1-2H3. The molecule has 2 nitrogen and oxygen atoms in total. The minimum atomic E-state index is 0.393. The molecule has 4 rings (SSSR count). The maximum Gasteiger partial charge on any atom is 0.121 e. The predicted octanol–water partition coefficient (Wildman–Crippen LogP) is 5.62. The van der Waals surface area contributed by atoms with Crippen molar-refractivity contribution in [2.45, 2.75) is 39.2 Å². The van der Waals surface area contributed by atoms with Crippen molar-refractivity contribution in [1.29, 1.82) is 0 Å². The SMILES string of the molecule is CC(C)c1ccc2c(c1)CCCN2Cc1c(O)ccc2ccccc12. The Morgan fingerprint density at radius 2 is 1.88 bits per heavy atom. The Labute approximate surface area is 149 Å². The van der Waals surface area contributed by atoms with Crippen LogP contribution in [0.3, 0.4) is 0 Å². The molecule has 128 valence electrons. The fraction of sp³-hybridized carbons (Fsp3) is 0.304. The highest BCUT2D eigenvalue weighted by Gasteiger charge is 2.20. The molecule has 3 aromatic rings. The fourth-order valence-electron chi connectivity index (χ4n) is 3.90. The number of phenols is 1. The summed E-state index contributed by atoms with van der Waals surface area (Å²) in [6, 6.07) is 19.0. The first-order chi connectivity index (χ1) is 12.1. The molecule has 25 heavy (non-hydrogen) atoms. The minimum Gasteiger partial charge on any atom is -0.508 e. The van der Waals surface area contributed by atoms with Crippen molar-refractivity contribution in [3.8, 4) is 5.75 Å². The molecule has 0 unspecified atom stereocenters. The van der Waals surface area contributed by atoms with E-state index >= 15 is 0 Å². The van der Waals surface area contributed by atoms with E-state index in [1.807, 2.05) is 24.3 Å². The number of fused-ring (bicyclic) bond motifs is 2. The van der Waals surface area contributed by atoms with Crippen LogP contribution in [0.15, 0.2) is 54.6 Å².